The zero-order valence-electron chi connectivity index (χ0n) is 7.21. The number of rotatable bonds is 3. The Kier molecular flexibility index (Phi) is 2.92. The maximum Gasteiger partial charge on any atom is 0.318 e. The van der Waals surface area contributed by atoms with Crippen LogP contribution < -0.4 is 5.32 Å². The van der Waals surface area contributed by atoms with Gasteiger partial charge in [0, 0.05) is 6.54 Å². The highest BCUT2D eigenvalue weighted by molar-refractivity contribution is 5.77. The first-order valence-electron chi connectivity index (χ1n) is 4.23. The van der Waals surface area contributed by atoms with E-state index in [1.54, 1.807) is 0 Å². The van der Waals surface area contributed by atoms with Crippen LogP contribution in [0.5, 0.6) is 0 Å². The first-order valence-corrected chi connectivity index (χ1v) is 4.23. The van der Waals surface area contributed by atoms with E-state index in [4.69, 9.17) is 5.26 Å². The molecule has 66 valence electrons. The van der Waals surface area contributed by atoms with Crippen LogP contribution in [0, 0.1) is 11.3 Å². The van der Waals surface area contributed by atoms with Gasteiger partial charge in [0.2, 0.25) is 0 Å². The molecule has 0 aromatic heterocycles. The van der Waals surface area contributed by atoms with Crippen molar-refractivity contribution in [2.45, 2.75) is 25.8 Å². The average molecular weight is 167 g/mol. The van der Waals surface area contributed by atoms with Crippen LogP contribution in [0.4, 0.5) is 4.79 Å². The molecular weight excluding hydrogens is 154 g/mol. The summed E-state index contributed by atoms with van der Waals surface area (Å²) in [7, 11) is 0. The number of nitrogens with zero attached hydrogens (tertiary/aromatic N) is 2. The lowest BCUT2D eigenvalue weighted by molar-refractivity contribution is 0.228. The summed E-state index contributed by atoms with van der Waals surface area (Å²) >= 11 is 0. The second-order valence-electron chi connectivity index (χ2n) is 2.88. The summed E-state index contributed by atoms with van der Waals surface area (Å²) in [6.45, 7) is 3.38. The van der Waals surface area contributed by atoms with Gasteiger partial charge in [-0.15, -0.1) is 0 Å². The summed E-state index contributed by atoms with van der Waals surface area (Å²) in [5, 5.41) is 11.2. The standard InChI is InChI=1S/C8H13N3O/c1-2-3-4-10-8(12)11-6-7(11)5-9/h7H,2-4,6H2,1H3,(H,10,12)/t7-,11?/m1/s1. The van der Waals surface area contributed by atoms with E-state index in [0.29, 0.717) is 13.1 Å². The Morgan fingerprint density at radius 3 is 3.08 bits per heavy atom. The second kappa shape index (κ2) is 3.96. The van der Waals surface area contributed by atoms with Crippen molar-refractivity contribution in [1.82, 2.24) is 10.2 Å². The Balaban J connectivity index is 2.11. The molecule has 12 heavy (non-hydrogen) atoms. The predicted molar refractivity (Wildman–Crippen MR) is 44.4 cm³/mol. The molecule has 4 nitrogen and oxygen atoms in total. The lowest BCUT2D eigenvalue weighted by atomic mass is 10.3. The summed E-state index contributed by atoms with van der Waals surface area (Å²) < 4.78 is 0. The number of hydrogen-bond donors (Lipinski definition) is 1. The van der Waals surface area contributed by atoms with Gasteiger partial charge in [-0.2, -0.15) is 5.26 Å². The van der Waals surface area contributed by atoms with Crippen LogP contribution in [0.25, 0.3) is 0 Å². The molecule has 0 saturated carbocycles. The van der Waals surface area contributed by atoms with E-state index >= 15 is 0 Å². The third kappa shape index (κ3) is 2.12. The van der Waals surface area contributed by atoms with Gasteiger partial charge in [-0.05, 0) is 6.42 Å². The SMILES string of the molecule is CCCCNC(=O)N1C[C@H]1C#N. The predicted octanol–water partition coefficient (Wildman–Crippen LogP) is 0.704. The van der Waals surface area contributed by atoms with Gasteiger partial charge in [0.1, 0.15) is 6.04 Å². The molecule has 0 bridgehead atoms. The van der Waals surface area contributed by atoms with E-state index in [1.807, 2.05) is 6.07 Å². The summed E-state index contributed by atoms with van der Waals surface area (Å²) in [6, 6.07) is 1.75. The van der Waals surface area contributed by atoms with Gasteiger partial charge in [0.15, 0.2) is 0 Å². The molecule has 0 aromatic carbocycles. The van der Waals surface area contributed by atoms with Crippen molar-refractivity contribution in [2.24, 2.45) is 0 Å². The monoisotopic (exact) mass is 167 g/mol. The van der Waals surface area contributed by atoms with Gasteiger partial charge >= 0.3 is 6.03 Å². The molecular formula is C8H13N3O. The summed E-state index contributed by atoms with van der Waals surface area (Å²) in [5.41, 5.74) is 0. The molecule has 1 saturated heterocycles. The van der Waals surface area contributed by atoms with E-state index in [1.165, 1.54) is 4.90 Å². The maximum absolute atomic E-state index is 11.1. The van der Waals surface area contributed by atoms with E-state index in [0.717, 1.165) is 12.8 Å². The normalized spacial score (nSPS) is 20.0. The van der Waals surface area contributed by atoms with Gasteiger partial charge in [0.05, 0.1) is 12.6 Å². The molecule has 4 heteroatoms. The minimum Gasteiger partial charge on any atom is -0.338 e. The highest BCUT2D eigenvalue weighted by Gasteiger charge is 2.38. The highest BCUT2D eigenvalue weighted by atomic mass is 16.2. The zero-order valence-corrected chi connectivity index (χ0v) is 7.21. The number of nitrogens with one attached hydrogen (secondary N) is 1. The number of amides is 2. The molecule has 1 rings (SSSR count). The number of unbranched alkanes of at least 4 members (excludes halogenated alkanes) is 1. The zero-order chi connectivity index (χ0) is 8.97. The first-order chi connectivity index (χ1) is 5.79. The average Bonchev–Trinajstić information content (AvgIpc) is 2.83. The van der Waals surface area contributed by atoms with Crippen molar-refractivity contribution in [3.63, 3.8) is 0 Å². The molecule has 1 aliphatic heterocycles. The lowest BCUT2D eigenvalue weighted by Gasteiger charge is -2.03. The van der Waals surface area contributed by atoms with Crippen molar-refractivity contribution >= 4 is 6.03 Å². The van der Waals surface area contributed by atoms with Gasteiger partial charge < -0.3 is 10.2 Å². The molecule has 0 unspecified atom stereocenters. The Morgan fingerprint density at radius 2 is 2.58 bits per heavy atom. The molecule has 0 radical (unpaired) electrons. The fourth-order valence-electron chi connectivity index (χ4n) is 0.948. The van der Waals surface area contributed by atoms with Crippen LogP contribution in [-0.2, 0) is 0 Å². The molecule has 1 heterocycles. The van der Waals surface area contributed by atoms with Crippen LogP contribution in [0.1, 0.15) is 19.8 Å². The number of nitriles is 1. The largest absolute Gasteiger partial charge is 0.338 e. The van der Waals surface area contributed by atoms with Crippen molar-refractivity contribution in [2.75, 3.05) is 13.1 Å². The minimum atomic E-state index is -0.174. The van der Waals surface area contributed by atoms with Crippen molar-refractivity contribution in [1.29, 1.82) is 5.26 Å². The summed E-state index contributed by atoms with van der Waals surface area (Å²) in [5.74, 6) is 0. The third-order valence-electron chi connectivity index (χ3n) is 1.83. The molecule has 0 aromatic rings. The Bertz CT molecular complexity index is 209. The minimum absolute atomic E-state index is 0.102. The van der Waals surface area contributed by atoms with E-state index in [-0.39, 0.29) is 12.1 Å². The van der Waals surface area contributed by atoms with E-state index in [2.05, 4.69) is 12.2 Å². The summed E-state index contributed by atoms with van der Waals surface area (Å²) in [6.07, 6.45) is 2.07. The molecule has 0 spiro atoms. The van der Waals surface area contributed by atoms with Crippen LogP contribution in [0.2, 0.25) is 0 Å². The molecule has 1 aliphatic rings. The number of urea groups is 1. The van der Waals surface area contributed by atoms with E-state index < -0.39 is 0 Å². The molecule has 1 fully saturated rings. The topological polar surface area (TPSA) is 55.9 Å². The van der Waals surface area contributed by atoms with Crippen molar-refractivity contribution < 1.29 is 4.79 Å². The Morgan fingerprint density at radius 1 is 1.83 bits per heavy atom. The Hall–Kier alpha value is -1.24. The maximum atomic E-state index is 11.1. The quantitative estimate of drug-likeness (QED) is 0.497. The Labute approximate surface area is 72.2 Å². The van der Waals surface area contributed by atoms with E-state index in [9.17, 15) is 4.79 Å². The van der Waals surface area contributed by atoms with Gasteiger partial charge in [0.25, 0.3) is 0 Å². The van der Waals surface area contributed by atoms with Gasteiger partial charge in [-0.1, -0.05) is 13.3 Å². The first kappa shape index (κ1) is 8.85. The van der Waals surface area contributed by atoms with Crippen LogP contribution in [-0.4, -0.2) is 30.1 Å². The van der Waals surface area contributed by atoms with Crippen LogP contribution in [0.15, 0.2) is 0 Å². The summed E-state index contributed by atoms with van der Waals surface area (Å²) in [4.78, 5) is 12.6. The van der Waals surface area contributed by atoms with Gasteiger partial charge in [-0.25, -0.2) is 4.79 Å². The fraction of sp³-hybridized carbons (Fsp3) is 0.750. The third-order valence-corrected chi connectivity index (χ3v) is 1.83. The molecule has 0 aliphatic carbocycles. The molecule has 2 amide bonds. The molecule has 1 N–H and O–H groups in total. The van der Waals surface area contributed by atoms with Crippen molar-refractivity contribution in [3.8, 4) is 6.07 Å². The smallest absolute Gasteiger partial charge is 0.318 e. The number of carbonyl (C=O) groups excluding carboxylic acids is 1. The van der Waals surface area contributed by atoms with Gasteiger partial charge in [-0.3, -0.25) is 0 Å². The molecule has 1 atom stereocenters. The fourth-order valence-corrected chi connectivity index (χ4v) is 0.948. The van der Waals surface area contributed by atoms with Crippen LogP contribution in [0.3, 0.4) is 0 Å². The van der Waals surface area contributed by atoms with Crippen LogP contribution >= 0.6 is 0 Å². The highest BCUT2D eigenvalue weighted by Crippen LogP contribution is 2.15. The number of hydrogen-bond acceptors (Lipinski definition) is 2. The van der Waals surface area contributed by atoms with Crippen molar-refractivity contribution in [3.05, 3.63) is 0 Å². The lowest BCUT2D eigenvalue weighted by Crippen LogP contribution is -2.30. The number of carbonyl (C=O) groups is 1. The second-order valence-corrected chi connectivity index (χ2v) is 2.88.